The predicted molar refractivity (Wildman–Crippen MR) is 90.1 cm³/mol. The Balaban J connectivity index is 1.64. The summed E-state index contributed by atoms with van der Waals surface area (Å²) in [5.74, 6) is 0. The lowest BCUT2D eigenvalue weighted by Gasteiger charge is -2.36. The second-order valence-electron chi connectivity index (χ2n) is 7.08. The van der Waals surface area contributed by atoms with Crippen LogP contribution in [0.1, 0.15) is 40.0 Å². The minimum Gasteiger partial charge on any atom is -0.448 e. The zero-order valence-corrected chi connectivity index (χ0v) is 14.4. The van der Waals surface area contributed by atoms with Crippen LogP contribution in [-0.4, -0.2) is 40.8 Å². The quantitative estimate of drug-likeness (QED) is 0.850. The maximum atomic E-state index is 12.4. The summed E-state index contributed by atoms with van der Waals surface area (Å²) >= 11 is 0. The largest absolute Gasteiger partial charge is 0.448 e. The van der Waals surface area contributed by atoms with Gasteiger partial charge in [0.05, 0.1) is 6.04 Å². The first-order chi connectivity index (χ1) is 11.4. The first-order valence-corrected chi connectivity index (χ1v) is 8.40. The molecule has 0 aliphatic carbocycles. The van der Waals surface area contributed by atoms with Gasteiger partial charge in [0.1, 0.15) is 17.7 Å². The van der Waals surface area contributed by atoms with Crippen LogP contribution in [0.25, 0.3) is 11.1 Å². The lowest BCUT2D eigenvalue weighted by Crippen LogP contribution is -2.48. The third kappa shape index (κ3) is 3.99. The number of carbonyl (C=O) groups excluding carboxylic acids is 1. The second-order valence-corrected chi connectivity index (χ2v) is 7.08. The Morgan fingerprint density at radius 1 is 1.33 bits per heavy atom. The molecule has 0 saturated carbocycles. The summed E-state index contributed by atoms with van der Waals surface area (Å²) in [4.78, 5) is 18.4. The summed E-state index contributed by atoms with van der Waals surface area (Å²) in [6.07, 6.45) is 2.90. The summed E-state index contributed by atoms with van der Waals surface area (Å²) < 4.78 is 16.8. The smallest absolute Gasteiger partial charge is 0.410 e. The molecule has 2 aromatic rings. The van der Waals surface area contributed by atoms with Gasteiger partial charge in [-0.1, -0.05) is 12.1 Å². The maximum Gasteiger partial charge on any atom is 0.410 e. The molecular formula is C18H24N2O4. The number of aromatic nitrogens is 1. The molecular weight excluding hydrogens is 308 g/mol. The molecule has 3 rings (SSSR count). The van der Waals surface area contributed by atoms with Crippen molar-refractivity contribution in [2.75, 3.05) is 13.2 Å². The van der Waals surface area contributed by atoms with Crippen LogP contribution in [0, 0.1) is 0 Å². The van der Waals surface area contributed by atoms with Crippen LogP contribution in [0.4, 0.5) is 4.79 Å². The topological polar surface area (TPSA) is 64.8 Å². The number of nitrogens with zero attached hydrogens (tertiary/aromatic N) is 2. The molecule has 0 spiro atoms. The van der Waals surface area contributed by atoms with Crippen molar-refractivity contribution in [3.8, 4) is 6.08 Å². The van der Waals surface area contributed by atoms with Gasteiger partial charge in [-0.05, 0) is 52.2 Å². The van der Waals surface area contributed by atoms with Crippen LogP contribution in [-0.2, 0) is 4.74 Å². The van der Waals surface area contributed by atoms with E-state index in [1.54, 1.807) is 4.90 Å². The number of carbonyl (C=O) groups is 1. The summed E-state index contributed by atoms with van der Waals surface area (Å²) in [7, 11) is 0. The third-order valence-electron chi connectivity index (χ3n) is 3.93. The highest BCUT2D eigenvalue weighted by Crippen LogP contribution is 2.23. The van der Waals surface area contributed by atoms with E-state index in [0.717, 1.165) is 24.8 Å². The Labute approximate surface area is 141 Å². The van der Waals surface area contributed by atoms with E-state index in [4.69, 9.17) is 13.9 Å². The highest BCUT2D eigenvalue weighted by Gasteiger charge is 2.31. The normalized spacial score (nSPS) is 18.6. The first-order valence-electron chi connectivity index (χ1n) is 8.40. The Morgan fingerprint density at radius 2 is 2.12 bits per heavy atom. The number of rotatable bonds is 3. The molecule has 1 aliphatic rings. The van der Waals surface area contributed by atoms with E-state index in [9.17, 15) is 4.79 Å². The molecule has 6 heteroatoms. The Hall–Kier alpha value is -2.24. The average Bonchev–Trinajstić information content (AvgIpc) is 2.94. The van der Waals surface area contributed by atoms with E-state index < -0.39 is 5.60 Å². The van der Waals surface area contributed by atoms with Gasteiger partial charge >= 0.3 is 12.2 Å². The van der Waals surface area contributed by atoms with E-state index >= 15 is 0 Å². The van der Waals surface area contributed by atoms with Crippen LogP contribution < -0.4 is 4.74 Å². The molecule has 1 fully saturated rings. The molecule has 0 unspecified atom stereocenters. The maximum absolute atomic E-state index is 12.4. The van der Waals surface area contributed by atoms with E-state index in [1.165, 1.54) is 0 Å². The van der Waals surface area contributed by atoms with E-state index in [1.807, 2.05) is 45.0 Å². The molecule has 1 aromatic carbocycles. The molecule has 1 saturated heterocycles. The van der Waals surface area contributed by atoms with Crippen molar-refractivity contribution in [3.05, 3.63) is 24.3 Å². The van der Waals surface area contributed by atoms with Crippen molar-refractivity contribution >= 4 is 17.2 Å². The Kier molecular flexibility index (Phi) is 4.64. The van der Waals surface area contributed by atoms with E-state index in [2.05, 4.69) is 4.98 Å². The van der Waals surface area contributed by atoms with Crippen LogP contribution in [0.2, 0.25) is 0 Å². The number of hydrogen-bond acceptors (Lipinski definition) is 5. The molecule has 1 aromatic heterocycles. The van der Waals surface area contributed by atoms with Crippen LogP contribution in [0.15, 0.2) is 28.7 Å². The van der Waals surface area contributed by atoms with E-state index in [0.29, 0.717) is 18.7 Å². The fourth-order valence-electron chi connectivity index (χ4n) is 2.82. The van der Waals surface area contributed by atoms with Gasteiger partial charge in [-0.2, -0.15) is 4.98 Å². The zero-order chi connectivity index (χ0) is 17.2. The summed E-state index contributed by atoms with van der Waals surface area (Å²) in [5, 5.41) is 0. The number of piperidine rings is 1. The van der Waals surface area contributed by atoms with Crippen molar-refractivity contribution in [1.82, 2.24) is 9.88 Å². The zero-order valence-electron chi connectivity index (χ0n) is 14.4. The number of amides is 1. The van der Waals surface area contributed by atoms with Gasteiger partial charge in [0.2, 0.25) is 0 Å². The molecule has 1 amide bonds. The monoisotopic (exact) mass is 332 g/mol. The number of para-hydroxylation sites is 2. The predicted octanol–water partition coefficient (Wildman–Crippen LogP) is 4.00. The minimum absolute atomic E-state index is 0.0244. The van der Waals surface area contributed by atoms with Gasteiger partial charge in [0.15, 0.2) is 5.58 Å². The number of likely N-dealkylation sites (tertiary alicyclic amines) is 1. The van der Waals surface area contributed by atoms with Crippen LogP contribution in [0.3, 0.4) is 0 Å². The average molecular weight is 332 g/mol. The van der Waals surface area contributed by atoms with Gasteiger partial charge in [0.25, 0.3) is 0 Å². The van der Waals surface area contributed by atoms with Crippen molar-refractivity contribution in [2.24, 2.45) is 0 Å². The van der Waals surface area contributed by atoms with Gasteiger partial charge in [-0.25, -0.2) is 4.79 Å². The van der Waals surface area contributed by atoms with Crippen molar-refractivity contribution in [1.29, 1.82) is 0 Å². The summed E-state index contributed by atoms with van der Waals surface area (Å²) in [6, 6.07) is 7.49. The van der Waals surface area contributed by atoms with Gasteiger partial charge in [-0.3, -0.25) is 0 Å². The Morgan fingerprint density at radius 3 is 2.88 bits per heavy atom. The second kappa shape index (κ2) is 6.71. The fraction of sp³-hybridized carbons (Fsp3) is 0.556. The number of ether oxygens (including phenoxy) is 2. The molecule has 0 N–H and O–H groups in total. The molecule has 2 heterocycles. The third-order valence-corrected chi connectivity index (χ3v) is 3.93. The van der Waals surface area contributed by atoms with Gasteiger partial charge < -0.3 is 18.8 Å². The van der Waals surface area contributed by atoms with Crippen LogP contribution >= 0.6 is 0 Å². The molecule has 0 bridgehead atoms. The number of hydrogen-bond donors (Lipinski definition) is 0. The molecule has 0 radical (unpaired) electrons. The van der Waals surface area contributed by atoms with Crippen molar-refractivity contribution in [3.63, 3.8) is 0 Å². The molecule has 1 atom stereocenters. The molecule has 130 valence electrons. The van der Waals surface area contributed by atoms with Crippen molar-refractivity contribution < 1.29 is 18.7 Å². The lowest BCUT2D eigenvalue weighted by atomic mass is 10.0. The highest BCUT2D eigenvalue weighted by atomic mass is 16.6. The SMILES string of the molecule is CC(C)(C)OC(=O)N1CCCC[C@H]1COc1nc2ccccc2o1. The fourth-order valence-corrected chi connectivity index (χ4v) is 2.82. The number of oxazole rings is 1. The standard InChI is InChI=1S/C18H24N2O4/c1-18(2,3)24-17(21)20-11-7-6-8-13(20)12-22-16-19-14-9-4-5-10-15(14)23-16/h4-5,9-10,13H,6-8,11-12H2,1-3H3/t13-/m0/s1. The lowest BCUT2D eigenvalue weighted by molar-refractivity contribution is 0.00192. The van der Waals surface area contributed by atoms with Gasteiger partial charge in [-0.15, -0.1) is 0 Å². The molecule has 6 nitrogen and oxygen atoms in total. The van der Waals surface area contributed by atoms with E-state index in [-0.39, 0.29) is 18.2 Å². The molecule has 24 heavy (non-hydrogen) atoms. The van der Waals surface area contributed by atoms with Crippen LogP contribution in [0.5, 0.6) is 6.08 Å². The van der Waals surface area contributed by atoms with Gasteiger partial charge in [0, 0.05) is 6.54 Å². The number of fused-ring (bicyclic) bond motifs is 1. The number of benzene rings is 1. The summed E-state index contributed by atoms with van der Waals surface area (Å²) in [5.41, 5.74) is 0.959. The minimum atomic E-state index is -0.500. The summed E-state index contributed by atoms with van der Waals surface area (Å²) in [6.45, 7) is 6.67. The Bertz CT molecular complexity index is 671. The van der Waals surface area contributed by atoms with Crippen molar-refractivity contribution in [2.45, 2.75) is 51.7 Å². The molecule has 1 aliphatic heterocycles. The highest BCUT2D eigenvalue weighted by molar-refractivity contribution is 5.72. The first kappa shape index (κ1) is 16.6.